The zero-order valence-corrected chi connectivity index (χ0v) is 11.6. The third-order valence-electron chi connectivity index (χ3n) is 4.62. The van der Waals surface area contributed by atoms with Gasteiger partial charge in [-0.25, -0.2) is 0 Å². The van der Waals surface area contributed by atoms with E-state index in [4.69, 9.17) is 4.74 Å². The van der Waals surface area contributed by atoms with Crippen molar-refractivity contribution in [3.05, 3.63) is 0 Å². The van der Waals surface area contributed by atoms with Crippen LogP contribution >= 0.6 is 0 Å². The topological polar surface area (TPSA) is 21.3 Å². The van der Waals surface area contributed by atoms with Gasteiger partial charge in [-0.05, 0) is 43.9 Å². The lowest BCUT2D eigenvalue weighted by Gasteiger charge is -2.33. The fourth-order valence-electron chi connectivity index (χ4n) is 3.40. The van der Waals surface area contributed by atoms with Crippen molar-refractivity contribution in [1.82, 2.24) is 5.32 Å². The van der Waals surface area contributed by atoms with Crippen LogP contribution in [0.5, 0.6) is 0 Å². The largest absolute Gasteiger partial charge is 0.383 e. The Bertz CT molecular complexity index is 209. The van der Waals surface area contributed by atoms with E-state index in [0.717, 1.165) is 24.5 Å². The molecule has 2 heteroatoms. The molecule has 2 atom stereocenters. The van der Waals surface area contributed by atoms with Gasteiger partial charge >= 0.3 is 0 Å². The van der Waals surface area contributed by atoms with Crippen LogP contribution in [0.15, 0.2) is 0 Å². The van der Waals surface area contributed by atoms with Crippen molar-refractivity contribution in [2.75, 3.05) is 13.7 Å². The molecular weight excluding hydrogens is 210 g/mol. The van der Waals surface area contributed by atoms with E-state index in [1.807, 2.05) is 7.11 Å². The molecule has 17 heavy (non-hydrogen) atoms. The van der Waals surface area contributed by atoms with E-state index in [9.17, 15) is 0 Å². The lowest BCUT2D eigenvalue weighted by molar-refractivity contribution is 0.137. The Balaban J connectivity index is 1.83. The van der Waals surface area contributed by atoms with Crippen molar-refractivity contribution in [2.45, 2.75) is 70.4 Å². The van der Waals surface area contributed by atoms with E-state index in [2.05, 4.69) is 12.2 Å². The summed E-state index contributed by atoms with van der Waals surface area (Å²) in [4.78, 5) is 0. The molecule has 2 fully saturated rings. The molecule has 2 nitrogen and oxygen atoms in total. The second-order valence-electron chi connectivity index (χ2n) is 5.98. The maximum Gasteiger partial charge on any atom is 0.0618 e. The monoisotopic (exact) mass is 239 g/mol. The maximum atomic E-state index is 5.38. The van der Waals surface area contributed by atoms with Gasteiger partial charge in [0.15, 0.2) is 0 Å². The Kier molecular flexibility index (Phi) is 5.30. The zero-order chi connectivity index (χ0) is 12.1. The number of rotatable bonds is 7. The van der Waals surface area contributed by atoms with Crippen LogP contribution in [-0.2, 0) is 4.74 Å². The summed E-state index contributed by atoms with van der Waals surface area (Å²) in [6.07, 6.45) is 11.3. The van der Waals surface area contributed by atoms with Gasteiger partial charge in [0.1, 0.15) is 0 Å². The first kappa shape index (κ1) is 13.4. The number of nitrogens with one attached hydrogen (secondary N) is 1. The molecule has 0 aromatic rings. The summed E-state index contributed by atoms with van der Waals surface area (Å²) in [6.45, 7) is 3.23. The molecule has 0 aromatic heterocycles. The van der Waals surface area contributed by atoms with Gasteiger partial charge < -0.3 is 10.1 Å². The lowest BCUT2D eigenvalue weighted by Crippen LogP contribution is -2.46. The van der Waals surface area contributed by atoms with Gasteiger partial charge in [-0.2, -0.15) is 0 Å². The molecule has 0 spiro atoms. The predicted molar refractivity (Wildman–Crippen MR) is 72.2 cm³/mol. The first-order valence-corrected chi connectivity index (χ1v) is 7.60. The van der Waals surface area contributed by atoms with Gasteiger partial charge in [0.2, 0.25) is 0 Å². The third kappa shape index (κ3) is 3.96. The Hall–Kier alpha value is -0.0800. The van der Waals surface area contributed by atoms with Gasteiger partial charge in [0.25, 0.3) is 0 Å². The fourth-order valence-corrected chi connectivity index (χ4v) is 3.40. The number of hydrogen-bond acceptors (Lipinski definition) is 2. The minimum atomic E-state index is 0.617. The number of ether oxygens (including phenoxy) is 1. The molecule has 2 saturated carbocycles. The first-order valence-electron chi connectivity index (χ1n) is 7.60. The molecule has 0 aromatic carbocycles. The molecular formula is C15H29NO. The Morgan fingerprint density at radius 3 is 2.18 bits per heavy atom. The quantitative estimate of drug-likeness (QED) is 0.735. The summed E-state index contributed by atoms with van der Waals surface area (Å²) in [6, 6.07) is 1.35. The molecule has 100 valence electrons. The van der Waals surface area contributed by atoms with Crippen LogP contribution in [-0.4, -0.2) is 25.8 Å². The molecule has 0 amide bonds. The third-order valence-corrected chi connectivity index (χ3v) is 4.62. The number of methoxy groups -OCH3 is 1. The molecule has 0 saturated heterocycles. The van der Waals surface area contributed by atoms with Gasteiger partial charge in [-0.1, -0.05) is 26.2 Å². The standard InChI is InChI=1S/C15H29NO/c1-3-14(12-7-5-4-6-8-12)16-15(11-17-2)13-9-10-13/h12-16H,3-11H2,1-2H3. The van der Waals surface area contributed by atoms with Crippen LogP contribution < -0.4 is 5.32 Å². The smallest absolute Gasteiger partial charge is 0.0618 e. The second kappa shape index (κ2) is 6.75. The molecule has 2 unspecified atom stereocenters. The highest BCUT2D eigenvalue weighted by atomic mass is 16.5. The van der Waals surface area contributed by atoms with E-state index in [1.54, 1.807) is 0 Å². The van der Waals surface area contributed by atoms with E-state index in [-0.39, 0.29) is 0 Å². The summed E-state index contributed by atoms with van der Waals surface area (Å²) in [5.41, 5.74) is 0. The fraction of sp³-hybridized carbons (Fsp3) is 1.00. The Morgan fingerprint density at radius 2 is 1.65 bits per heavy atom. The van der Waals surface area contributed by atoms with Gasteiger partial charge in [0, 0.05) is 19.2 Å². The van der Waals surface area contributed by atoms with Crippen LogP contribution in [0.25, 0.3) is 0 Å². The van der Waals surface area contributed by atoms with Gasteiger partial charge in [-0.15, -0.1) is 0 Å². The van der Waals surface area contributed by atoms with E-state index < -0.39 is 0 Å². The minimum Gasteiger partial charge on any atom is -0.383 e. The van der Waals surface area contributed by atoms with Gasteiger partial charge in [-0.3, -0.25) is 0 Å². The summed E-state index contributed by atoms with van der Waals surface area (Å²) in [5, 5.41) is 3.91. The highest BCUT2D eigenvalue weighted by molar-refractivity contribution is 4.90. The summed E-state index contributed by atoms with van der Waals surface area (Å²) >= 11 is 0. The normalized spacial score (nSPS) is 25.8. The van der Waals surface area contributed by atoms with Crippen molar-refractivity contribution in [3.63, 3.8) is 0 Å². The second-order valence-corrected chi connectivity index (χ2v) is 5.98. The molecule has 1 N–H and O–H groups in total. The van der Waals surface area contributed by atoms with E-state index in [1.165, 1.54) is 51.4 Å². The van der Waals surface area contributed by atoms with E-state index >= 15 is 0 Å². The van der Waals surface area contributed by atoms with Crippen molar-refractivity contribution in [3.8, 4) is 0 Å². The molecule has 2 aliphatic rings. The van der Waals surface area contributed by atoms with Crippen LogP contribution in [0.2, 0.25) is 0 Å². The molecule has 0 aliphatic heterocycles. The van der Waals surface area contributed by atoms with Crippen LogP contribution in [0.3, 0.4) is 0 Å². The van der Waals surface area contributed by atoms with Crippen LogP contribution in [0.1, 0.15) is 58.3 Å². The Labute approximate surface area is 107 Å². The SMILES string of the molecule is CCC(NC(COC)C1CC1)C1CCCCC1. The van der Waals surface area contributed by atoms with Gasteiger partial charge in [0.05, 0.1) is 6.61 Å². The molecule has 2 rings (SSSR count). The molecule has 0 bridgehead atoms. The van der Waals surface area contributed by atoms with E-state index in [0.29, 0.717) is 6.04 Å². The van der Waals surface area contributed by atoms with Crippen molar-refractivity contribution in [1.29, 1.82) is 0 Å². The Morgan fingerprint density at radius 1 is 1.00 bits per heavy atom. The summed E-state index contributed by atoms with van der Waals surface area (Å²) in [5.74, 6) is 1.82. The molecule has 0 radical (unpaired) electrons. The molecule has 2 aliphatic carbocycles. The maximum absolute atomic E-state index is 5.38. The van der Waals surface area contributed by atoms with Crippen molar-refractivity contribution < 1.29 is 4.74 Å². The average Bonchev–Trinajstić information content (AvgIpc) is 3.20. The predicted octanol–water partition coefficient (Wildman–Crippen LogP) is 3.36. The summed E-state index contributed by atoms with van der Waals surface area (Å²) in [7, 11) is 1.83. The van der Waals surface area contributed by atoms with Crippen molar-refractivity contribution >= 4 is 0 Å². The molecule has 0 heterocycles. The number of hydrogen-bond donors (Lipinski definition) is 1. The van der Waals surface area contributed by atoms with Crippen LogP contribution in [0, 0.1) is 11.8 Å². The highest BCUT2D eigenvalue weighted by Crippen LogP contribution is 2.34. The van der Waals surface area contributed by atoms with Crippen molar-refractivity contribution in [2.24, 2.45) is 11.8 Å². The minimum absolute atomic E-state index is 0.617. The average molecular weight is 239 g/mol. The lowest BCUT2D eigenvalue weighted by atomic mass is 9.82. The first-order chi connectivity index (χ1) is 8.35. The summed E-state index contributed by atoms with van der Waals surface area (Å²) < 4.78 is 5.38. The zero-order valence-electron chi connectivity index (χ0n) is 11.6. The van der Waals surface area contributed by atoms with Crippen LogP contribution in [0.4, 0.5) is 0 Å². The highest BCUT2D eigenvalue weighted by Gasteiger charge is 2.33.